The van der Waals surface area contributed by atoms with Gasteiger partial charge in [0.1, 0.15) is 0 Å². The van der Waals surface area contributed by atoms with Gasteiger partial charge in [-0.3, -0.25) is 4.90 Å². The van der Waals surface area contributed by atoms with Crippen LogP contribution in [-0.4, -0.2) is 41.8 Å². The molecule has 0 spiro atoms. The highest BCUT2D eigenvalue weighted by Gasteiger charge is 2.41. The molecule has 3 nitrogen and oxygen atoms in total. The zero-order valence-electron chi connectivity index (χ0n) is 8.32. The van der Waals surface area contributed by atoms with Crippen molar-refractivity contribution >= 4 is 0 Å². The molecule has 13 heavy (non-hydrogen) atoms. The van der Waals surface area contributed by atoms with Gasteiger partial charge in [-0.1, -0.05) is 0 Å². The van der Waals surface area contributed by atoms with Gasteiger partial charge in [0, 0.05) is 25.7 Å². The minimum absolute atomic E-state index is 0.0266. The molecule has 2 bridgehead atoms. The number of aliphatic hydroxyl groups excluding tert-OH is 1. The number of rotatable bonds is 2. The van der Waals surface area contributed by atoms with Gasteiger partial charge in [-0.15, -0.1) is 0 Å². The van der Waals surface area contributed by atoms with Crippen molar-refractivity contribution in [3.8, 4) is 0 Å². The third-order valence-corrected chi connectivity index (χ3v) is 3.78. The topological polar surface area (TPSA) is 49.5 Å². The van der Waals surface area contributed by atoms with Crippen molar-refractivity contribution in [1.29, 1.82) is 0 Å². The van der Waals surface area contributed by atoms with Gasteiger partial charge in [0.15, 0.2) is 0 Å². The second-order valence-corrected chi connectivity index (χ2v) is 4.63. The maximum absolute atomic E-state index is 9.82. The fourth-order valence-corrected chi connectivity index (χ4v) is 2.74. The quantitative estimate of drug-likeness (QED) is 0.637. The fraction of sp³-hybridized carbons (Fsp3) is 1.00. The first-order chi connectivity index (χ1) is 6.22. The van der Waals surface area contributed by atoms with E-state index in [2.05, 4.69) is 11.8 Å². The average Bonchev–Trinajstić information content (AvgIpc) is 2.42. The van der Waals surface area contributed by atoms with Gasteiger partial charge in [-0.05, 0) is 31.6 Å². The third-order valence-electron chi connectivity index (χ3n) is 3.78. The van der Waals surface area contributed by atoms with E-state index in [0.717, 1.165) is 19.6 Å². The maximum Gasteiger partial charge on any atom is 0.0620 e. The molecule has 2 rings (SSSR count). The smallest absolute Gasteiger partial charge is 0.0620 e. The molecule has 1 saturated heterocycles. The van der Waals surface area contributed by atoms with Gasteiger partial charge in [0.25, 0.3) is 0 Å². The van der Waals surface area contributed by atoms with E-state index in [1.54, 1.807) is 0 Å². The van der Waals surface area contributed by atoms with Gasteiger partial charge in [0.2, 0.25) is 0 Å². The van der Waals surface area contributed by atoms with Crippen molar-refractivity contribution in [3.63, 3.8) is 0 Å². The highest BCUT2D eigenvalue weighted by atomic mass is 16.3. The molecule has 1 heterocycles. The summed E-state index contributed by atoms with van der Waals surface area (Å²) in [5.74, 6) is 1.04. The van der Waals surface area contributed by atoms with E-state index in [-0.39, 0.29) is 6.10 Å². The van der Waals surface area contributed by atoms with Crippen LogP contribution in [-0.2, 0) is 0 Å². The largest absolute Gasteiger partial charge is 0.392 e. The Kier molecular flexibility index (Phi) is 2.58. The van der Waals surface area contributed by atoms with E-state index in [0.29, 0.717) is 17.9 Å². The number of hydrogen-bond acceptors (Lipinski definition) is 3. The number of nitrogens with two attached hydrogens (primary N) is 1. The standard InChI is InChI=1S/C10H20N2O/c1-7(4-11)12-5-8-2-3-9(6-12)10(8)13/h7-10,13H,2-6,11H2,1H3. The number of hydrogen-bond donors (Lipinski definition) is 2. The molecule has 0 aromatic rings. The van der Waals surface area contributed by atoms with E-state index in [1.165, 1.54) is 12.8 Å². The summed E-state index contributed by atoms with van der Waals surface area (Å²) in [4.78, 5) is 2.44. The molecule has 3 heteroatoms. The Morgan fingerprint density at radius 3 is 2.38 bits per heavy atom. The Labute approximate surface area is 79.9 Å². The van der Waals surface area contributed by atoms with Crippen LogP contribution in [0.25, 0.3) is 0 Å². The summed E-state index contributed by atoms with van der Waals surface area (Å²) in [5, 5.41) is 9.82. The Balaban J connectivity index is 1.98. The van der Waals surface area contributed by atoms with E-state index >= 15 is 0 Å². The molecule has 3 unspecified atom stereocenters. The van der Waals surface area contributed by atoms with Gasteiger partial charge >= 0.3 is 0 Å². The molecule has 2 fully saturated rings. The lowest BCUT2D eigenvalue weighted by atomic mass is 9.94. The maximum atomic E-state index is 9.82. The molecule has 0 aromatic heterocycles. The Morgan fingerprint density at radius 2 is 1.92 bits per heavy atom. The summed E-state index contributed by atoms with van der Waals surface area (Å²) in [6.07, 6.45) is 2.39. The summed E-state index contributed by atoms with van der Waals surface area (Å²) in [6.45, 7) is 5.01. The molecular formula is C10H20N2O. The van der Waals surface area contributed by atoms with Crippen LogP contribution in [0.4, 0.5) is 0 Å². The van der Waals surface area contributed by atoms with Crippen molar-refractivity contribution in [2.75, 3.05) is 19.6 Å². The van der Waals surface area contributed by atoms with E-state index < -0.39 is 0 Å². The number of piperidine rings is 1. The van der Waals surface area contributed by atoms with E-state index in [9.17, 15) is 5.11 Å². The summed E-state index contributed by atoms with van der Waals surface area (Å²) in [6, 6.07) is 0.482. The van der Waals surface area contributed by atoms with Crippen molar-refractivity contribution in [3.05, 3.63) is 0 Å². The molecular weight excluding hydrogens is 164 g/mol. The minimum atomic E-state index is -0.0266. The highest BCUT2D eigenvalue weighted by molar-refractivity contribution is 4.94. The van der Waals surface area contributed by atoms with Crippen LogP contribution in [0.5, 0.6) is 0 Å². The molecule has 76 valence electrons. The SMILES string of the molecule is CC(CN)N1CC2CCC(C1)C2O. The normalized spacial score (nSPS) is 42.2. The van der Waals surface area contributed by atoms with Crippen molar-refractivity contribution < 1.29 is 5.11 Å². The van der Waals surface area contributed by atoms with Gasteiger partial charge < -0.3 is 10.8 Å². The molecule has 1 aliphatic carbocycles. The zero-order chi connectivity index (χ0) is 9.42. The first-order valence-electron chi connectivity index (χ1n) is 5.34. The van der Waals surface area contributed by atoms with Crippen LogP contribution < -0.4 is 5.73 Å². The minimum Gasteiger partial charge on any atom is -0.392 e. The summed E-state index contributed by atoms with van der Waals surface area (Å²) < 4.78 is 0. The van der Waals surface area contributed by atoms with Crippen LogP contribution in [0, 0.1) is 11.8 Å². The Morgan fingerprint density at radius 1 is 1.38 bits per heavy atom. The molecule has 0 amide bonds. The average molecular weight is 184 g/mol. The van der Waals surface area contributed by atoms with Crippen LogP contribution in [0.1, 0.15) is 19.8 Å². The highest BCUT2D eigenvalue weighted by Crippen LogP contribution is 2.37. The fourth-order valence-electron chi connectivity index (χ4n) is 2.74. The van der Waals surface area contributed by atoms with E-state index in [4.69, 9.17) is 5.73 Å². The van der Waals surface area contributed by atoms with Crippen LogP contribution >= 0.6 is 0 Å². The second kappa shape index (κ2) is 3.56. The monoisotopic (exact) mass is 184 g/mol. The summed E-state index contributed by atoms with van der Waals surface area (Å²) in [5.41, 5.74) is 5.64. The van der Waals surface area contributed by atoms with Gasteiger partial charge in [0.05, 0.1) is 6.10 Å². The van der Waals surface area contributed by atoms with Gasteiger partial charge in [-0.2, -0.15) is 0 Å². The van der Waals surface area contributed by atoms with E-state index in [1.807, 2.05) is 0 Å². The summed E-state index contributed by atoms with van der Waals surface area (Å²) in [7, 11) is 0. The Hall–Kier alpha value is -0.120. The van der Waals surface area contributed by atoms with Crippen LogP contribution in [0.2, 0.25) is 0 Å². The molecule has 3 N–H and O–H groups in total. The van der Waals surface area contributed by atoms with Crippen LogP contribution in [0.15, 0.2) is 0 Å². The van der Waals surface area contributed by atoms with Crippen molar-refractivity contribution in [2.45, 2.75) is 31.9 Å². The van der Waals surface area contributed by atoms with Crippen LogP contribution in [0.3, 0.4) is 0 Å². The summed E-state index contributed by atoms with van der Waals surface area (Å²) >= 11 is 0. The first-order valence-corrected chi connectivity index (χ1v) is 5.34. The number of aliphatic hydroxyl groups is 1. The van der Waals surface area contributed by atoms with Crippen molar-refractivity contribution in [2.24, 2.45) is 17.6 Å². The number of nitrogens with zero attached hydrogens (tertiary/aromatic N) is 1. The lowest BCUT2D eigenvalue weighted by Gasteiger charge is -2.38. The molecule has 1 aliphatic heterocycles. The third kappa shape index (κ3) is 1.60. The lowest BCUT2D eigenvalue weighted by Crippen LogP contribution is -2.50. The molecule has 0 radical (unpaired) electrons. The molecule has 3 atom stereocenters. The molecule has 2 aliphatic rings. The number of likely N-dealkylation sites (tertiary alicyclic amines) is 1. The predicted octanol–water partition coefficient (Wildman–Crippen LogP) is 0.0363. The first kappa shape index (κ1) is 9.44. The second-order valence-electron chi connectivity index (χ2n) is 4.63. The lowest BCUT2D eigenvalue weighted by molar-refractivity contribution is 0.00427. The predicted molar refractivity (Wildman–Crippen MR) is 52.3 cm³/mol. The van der Waals surface area contributed by atoms with Crippen molar-refractivity contribution in [1.82, 2.24) is 4.90 Å². The zero-order valence-corrected chi connectivity index (χ0v) is 8.32. The molecule has 0 aromatic carbocycles. The van der Waals surface area contributed by atoms with Gasteiger partial charge in [-0.25, -0.2) is 0 Å². The molecule has 1 saturated carbocycles. The Bertz CT molecular complexity index is 172. The number of fused-ring (bicyclic) bond motifs is 2.